The second-order valence-corrected chi connectivity index (χ2v) is 3.63. The maximum atomic E-state index is 5.59. The molecule has 0 fully saturated rings. The van der Waals surface area contributed by atoms with Crippen molar-refractivity contribution in [2.75, 3.05) is 5.73 Å². The van der Waals surface area contributed by atoms with Crippen molar-refractivity contribution in [2.45, 2.75) is 0 Å². The van der Waals surface area contributed by atoms with E-state index >= 15 is 0 Å². The number of nitrogen functional groups attached to an aromatic ring is 1. The molecule has 0 aliphatic carbocycles. The van der Waals surface area contributed by atoms with Crippen molar-refractivity contribution in [3.63, 3.8) is 0 Å². The molecule has 2 N–H and O–H groups in total. The summed E-state index contributed by atoms with van der Waals surface area (Å²) in [7, 11) is 0. The van der Waals surface area contributed by atoms with Crippen molar-refractivity contribution in [1.29, 1.82) is 0 Å². The fourth-order valence-electron chi connectivity index (χ4n) is 1.15. The molecule has 0 spiro atoms. The molecule has 2 aromatic carbocycles. The van der Waals surface area contributed by atoms with Crippen LogP contribution in [-0.2, 0) is 4.33 Å². The van der Waals surface area contributed by atoms with E-state index in [0.29, 0.717) is 17.2 Å². The van der Waals surface area contributed by atoms with Crippen LogP contribution in [0.5, 0.6) is 11.5 Å². The van der Waals surface area contributed by atoms with Crippen LogP contribution >= 0.6 is 12.3 Å². The third-order valence-corrected chi connectivity index (χ3v) is 2.27. The highest BCUT2D eigenvalue weighted by Gasteiger charge is 1.98. The van der Waals surface area contributed by atoms with Gasteiger partial charge in [-0.3, -0.25) is 0 Å². The highest BCUT2D eigenvalue weighted by molar-refractivity contribution is 7.90. The molecule has 0 aromatic heterocycles. The Morgan fingerprint density at radius 3 is 2.41 bits per heavy atom. The lowest BCUT2D eigenvalue weighted by molar-refractivity contribution is -0.0833. The Kier molecular flexibility index (Phi) is 4.12. The Bertz CT molecular complexity index is 464. The molecule has 0 atom stereocenters. The maximum Gasteiger partial charge on any atom is 0.271 e. The summed E-state index contributed by atoms with van der Waals surface area (Å²) in [5.74, 6) is 1.21. The molecule has 88 valence electrons. The maximum absolute atomic E-state index is 5.59. The SMILES string of the molecule is Nc1cccc(OSOOc2ccccc2)c1. The number of hydrogen-bond donors (Lipinski definition) is 1. The van der Waals surface area contributed by atoms with Gasteiger partial charge < -0.3 is 14.8 Å². The van der Waals surface area contributed by atoms with E-state index in [-0.39, 0.29) is 0 Å². The lowest BCUT2D eigenvalue weighted by atomic mass is 10.3. The Morgan fingerprint density at radius 1 is 0.882 bits per heavy atom. The van der Waals surface area contributed by atoms with E-state index in [1.807, 2.05) is 18.2 Å². The summed E-state index contributed by atoms with van der Waals surface area (Å²) in [6.45, 7) is 0. The average Bonchev–Trinajstić information content (AvgIpc) is 2.36. The first-order chi connectivity index (χ1) is 8.34. The Balaban J connectivity index is 1.73. The first-order valence-electron chi connectivity index (χ1n) is 4.93. The molecular weight excluding hydrogens is 238 g/mol. The largest absolute Gasteiger partial charge is 0.399 e. The van der Waals surface area contributed by atoms with E-state index in [2.05, 4.69) is 0 Å². The zero-order valence-electron chi connectivity index (χ0n) is 8.91. The fourth-order valence-corrected chi connectivity index (χ4v) is 1.47. The molecule has 0 aliphatic heterocycles. The van der Waals surface area contributed by atoms with Crippen LogP contribution in [0.1, 0.15) is 0 Å². The molecular formula is C12H11NO3S. The molecule has 4 nitrogen and oxygen atoms in total. The molecule has 0 radical (unpaired) electrons. The summed E-state index contributed by atoms with van der Waals surface area (Å²) in [6.07, 6.45) is 0. The minimum absolute atomic E-state index is 0.603. The molecule has 0 bridgehead atoms. The lowest BCUT2D eigenvalue weighted by Gasteiger charge is -2.04. The van der Waals surface area contributed by atoms with Gasteiger partial charge in [-0.2, -0.15) is 0 Å². The second-order valence-electron chi connectivity index (χ2n) is 3.19. The molecule has 2 rings (SSSR count). The summed E-state index contributed by atoms with van der Waals surface area (Å²) in [4.78, 5) is 4.96. The minimum Gasteiger partial charge on any atom is -0.399 e. The van der Waals surface area contributed by atoms with Crippen LogP contribution in [0.4, 0.5) is 5.69 Å². The molecule has 5 heteroatoms. The van der Waals surface area contributed by atoms with Gasteiger partial charge in [0.25, 0.3) is 12.3 Å². The molecule has 0 amide bonds. The summed E-state index contributed by atoms with van der Waals surface area (Å²) in [5, 5.41) is 0. The number of rotatable bonds is 5. The summed E-state index contributed by atoms with van der Waals surface area (Å²) in [5.41, 5.74) is 6.22. The Hall–Kier alpha value is -1.85. The van der Waals surface area contributed by atoms with Gasteiger partial charge in [-0.05, 0) is 24.3 Å². The van der Waals surface area contributed by atoms with Crippen LogP contribution in [0, 0.1) is 0 Å². The molecule has 0 saturated carbocycles. The van der Waals surface area contributed by atoms with E-state index in [9.17, 15) is 0 Å². The van der Waals surface area contributed by atoms with Gasteiger partial charge in [-0.15, -0.1) is 0 Å². The van der Waals surface area contributed by atoms with E-state index < -0.39 is 0 Å². The van der Waals surface area contributed by atoms with Gasteiger partial charge in [0.1, 0.15) is 5.75 Å². The van der Waals surface area contributed by atoms with Crippen molar-refractivity contribution in [3.8, 4) is 11.5 Å². The Labute approximate surface area is 104 Å². The van der Waals surface area contributed by atoms with Crippen molar-refractivity contribution in [1.82, 2.24) is 0 Å². The van der Waals surface area contributed by atoms with E-state index in [0.717, 1.165) is 12.3 Å². The number of nitrogens with two attached hydrogens (primary N) is 1. The van der Waals surface area contributed by atoms with Crippen LogP contribution in [0.25, 0.3) is 0 Å². The number of benzene rings is 2. The first-order valence-corrected chi connectivity index (χ1v) is 5.60. The minimum atomic E-state index is 0.603. The van der Waals surface area contributed by atoms with Crippen molar-refractivity contribution < 1.29 is 13.4 Å². The second kappa shape index (κ2) is 6.03. The van der Waals surface area contributed by atoms with E-state index in [1.54, 1.807) is 36.4 Å². The van der Waals surface area contributed by atoms with Crippen LogP contribution in [0.2, 0.25) is 0 Å². The number of anilines is 1. The lowest BCUT2D eigenvalue weighted by Crippen LogP contribution is -1.92. The molecule has 0 heterocycles. The highest BCUT2D eigenvalue weighted by Crippen LogP contribution is 2.20. The smallest absolute Gasteiger partial charge is 0.271 e. The quantitative estimate of drug-likeness (QED) is 0.290. The van der Waals surface area contributed by atoms with Gasteiger partial charge in [-0.25, -0.2) is 0 Å². The van der Waals surface area contributed by atoms with Crippen LogP contribution in [0.3, 0.4) is 0 Å². The molecule has 0 unspecified atom stereocenters. The summed E-state index contributed by atoms with van der Waals surface area (Å²) < 4.78 is 10.0. The first kappa shape index (κ1) is 11.6. The third-order valence-electron chi connectivity index (χ3n) is 1.89. The highest BCUT2D eigenvalue weighted by atomic mass is 32.2. The van der Waals surface area contributed by atoms with Crippen molar-refractivity contribution in [3.05, 3.63) is 54.6 Å². The van der Waals surface area contributed by atoms with Gasteiger partial charge >= 0.3 is 0 Å². The predicted molar refractivity (Wildman–Crippen MR) is 67.2 cm³/mol. The zero-order valence-corrected chi connectivity index (χ0v) is 9.72. The summed E-state index contributed by atoms with van der Waals surface area (Å²) >= 11 is 0.732. The third kappa shape index (κ3) is 3.90. The van der Waals surface area contributed by atoms with E-state index in [1.165, 1.54) is 0 Å². The normalized spacial score (nSPS) is 9.88. The zero-order chi connectivity index (χ0) is 11.9. The molecule has 0 saturated heterocycles. The average molecular weight is 249 g/mol. The monoisotopic (exact) mass is 249 g/mol. The number of hydrogen-bond acceptors (Lipinski definition) is 5. The summed E-state index contributed by atoms with van der Waals surface area (Å²) in [6, 6.07) is 16.2. The van der Waals surface area contributed by atoms with Crippen LogP contribution < -0.4 is 14.8 Å². The number of para-hydroxylation sites is 1. The van der Waals surface area contributed by atoms with Gasteiger partial charge in [0, 0.05) is 11.8 Å². The molecule has 17 heavy (non-hydrogen) atoms. The Morgan fingerprint density at radius 2 is 1.65 bits per heavy atom. The van der Waals surface area contributed by atoms with Gasteiger partial charge in [0.15, 0.2) is 5.75 Å². The molecule has 0 aliphatic rings. The van der Waals surface area contributed by atoms with Gasteiger partial charge in [-0.1, -0.05) is 28.6 Å². The van der Waals surface area contributed by atoms with Crippen molar-refractivity contribution in [2.24, 2.45) is 0 Å². The van der Waals surface area contributed by atoms with Gasteiger partial charge in [0.2, 0.25) is 0 Å². The van der Waals surface area contributed by atoms with Crippen molar-refractivity contribution >= 4 is 18.0 Å². The molecule has 2 aromatic rings. The fraction of sp³-hybridized carbons (Fsp3) is 0. The van der Waals surface area contributed by atoms with Crippen LogP contribution in [-0.4, -0.2) is 0 Å². The predicted octanol–water partition coefficient (Wildman–Crippen LogP) is 3.22. The van der Waals surface area contributed by atoms with Crippen LogP contribution in [0.15, 0.2) is 54.6 Å². The topological polar surface area (TPSA) is 53.7 Å². The van der Waals surface area contributed by atoms with E-state index in [4.69, 9.17) is 19.1 Å². The van der Waals surface area contributed by atoms with Gasteiger partial charge in [0.05, 0.1) is 0 Å². The standard InChI is InChI=1S/C12H11NO3S/c13-10-5-4-8-12(9-10)15-17-16-14-11-6-2-1-3-7-11/h1-9H,13H2.